The number of hydrogen-bond acceptors (Lipinski definition) is 4. The van der Waals surface area contributed by atoms with Crippen LogP contribution in [0.15, 0.2) is 17.1 Å². The molecule has 0 fully saturated rings. The third-order valence-electron chi connectivity index (χ3n) is 2.41. The molecule has 1 aromatic rings. The third-order valence-corrected chi connectivity index (χ3v) is 2.41. The van der Waals surface area contributed by atoms with E-state index in [0.29, 0.717) is 18.8 Å². The molecular formula is C11H17N4O2+. The van der Waals surface area contributed by atoms with Crippen molar-refractivity contribution in [1.29, 1.82) is 5.39 Å². The Morgan fingerprint density at radius 2 is 2.35 bits per heavy atom. The van der Waals surface area contributed by atoms with E-state index in [4.69, 9.17) is 10.1 Å². The molecule has 0 aliphatic heterocycles. The summed E-state index contributed by atoms with van der Waals surface area (Å²) in [6, 6.07) is 1.45. The van der Waals surface area contributed by atoms with Crippen LogP contribution in [0.25, 0.3) is 5.08 Å². The van der Waals surface area contributed by atoms with E-state index in [9.17, 15) is 4.79 Å². The van der Waals surface area contributed by atoms with Gasteiger partial charge >= 0.3 is 5.08 Å². The van der Waals surface area contributed by atoms with Gasteiger partial charge in [-0.1, -0.05) is 13.3 Å². The second-order valence-corrected chi connectivity index (χ2v) is 3.72. The van der Waals surface area contributed by atoms with Crippen molar-refractivity contribution in [2.45, 2.75) is 26.3 Å². The Bertz CT molecular complexity index is 450. The number of methoxy groups -OCH3 is 1. The number of H-pyrrole nitrogens is 1. The van der Waals surface area contributed by atoms with Crippen LogP contribution >= 0.6 is 0 Å². The molecule has 6 heteroatoms. The van der Waals surface area contributed by atoms with Gasteiger partial charge in [0, 0.05) is 18.0 Å². The first-order chi connectivity index (χ1) is 8.21. The molecule has 1 heterocycles. The molecule has 0 aliphatic carbocycles. The van der Waals surface area contributed by atoms with Crippen molar-refractivity contribution in [1.82, 2.24) is 9.99 Å². The van der Waals surface area contributed by atoms with Gasteiger partial charge in [-0.05, 0) is 11.4 Å². The number of nitrogens with one attached hydrogen (secondary N) is 1. The molecule has 1 N–H and O–H groups in total. The van der Waals surface area contributed by atoms with E-state index in [0.717, 1.165) is 12.8 Å². The van der Waals surface area contributed by atoms with Crippen LogP contribution in [0, 0.1) is 5.39 Å². The van der Waals surface area contributed by atoms with Crippen LogP contribution in [0.3, 0.4) is 0 Å². The van der Waals surface area contributed by atoms with Crippen LogP contribution in [0.5, 0.6) is 5.75 Å². The van der Waals surface area contributed by atoms with Crippen LogP contribution in [0.1, 0.15) is 25.5 Å². The SMILES string of the molecule is CCCCN(Cc1cc(=O)c(OC)c[nH]1)[N+]#N. The minimum atomic E-state index is -0.186. The van der Waals surface area contributed by atoms with Gasteiger partial charge in [-0.2, -0.15) is 0 Å². The van der Waals surface area contributed by atoms with Crippen molar-refractivity contribution >= 4 is 0 Å². The van der Waals surface area contributed by atoms with Crippen LogP contribution in [0.4, 0.5) is 0 Å². The largest absolute Gasteiger partial charge is 0.491 e. The molecule has 0 radical (unpaired) electrons. The zero-order valence-corrected chi connectivity index (χ0v) is 10.1. The van der Waals surface area contributed by atoms with Gasteiger partial charge in [-0.25, -0.2) is 0 Å². The molecule has 0 atom stereocenters. The quantitative estimate of drug-likeness (QED) is 0.604. The van der Waals surface area contributed by atoms with Crippen LogP contribution in [0.2, 0.25) is 0 Å². The molecule has 0 amide bonds. The summed E-state index contributed by atoms with van der Waals surface area (Å²) in [5, 5.41) is 13.5. The lowest BCUT2D eigenvalue weighted by Crippen LogP contribution is -2.18. The summed E-state index contributed by atoms with van der Waals surface area (Å²) >= 11 is 0. The maximum absolute atomic E-state index is 11.5. The summed E-state index contributed by atoms with van der Waals surface area (Å²) in [5.74, 6) is 0.273. The van der Waals surface area contributed by atoms with Crippen molar-refractivity contribution < 1.29 is 4.74 Å². The number of unbranched alkanes of at least 4 members (excludes halogenated alkanes) is 1. The lowest BCUT2D eigenvalue weighted by Gasteiger charge is -2.05. The third kappa shape index (κ3) is 3.79. The molecule has 0 aliphatic rings. The highest BCUT2D eigenvalue weighted by molar-refractivity contribution is 5.20. The van der Waals surface area contributed by atoms with Gasteiger partial charge in [0.2, 0.25) is 5.43 Å². The first-order valence-corrected chi connectivity index (χ1v) is 5.56. The average molecular weight is 237 g/mol. The van der Waals surface area contributed by atoms with E-state index >= 15 is 0 Å². The Kier molecular flexibility index (Phi) is 5.01. The predicted octanol–water partition coefficient (Wildman–Crippen LogP) is 1.75. The van der Waals surface area contributed by atoms with Gasteiger partial charge in [0.15, 0.2) is 5.75 Å². The summed E-state index contributed by atoms with van der Waals surface area (Å²) in [6.45, 7) is 3.08. The Labute approximate surface area is 99.8 Å². The highest BCUT2D eigenvalue weighted by atomic mass is 16.5. The van der Waals surface area contributed by atoms with E-state index in [1.807, 2.05) is 0 Å². The molecule has 0 saturated heterocycles. The first kappa shape index (κ1) is 13.0. The highest BCUT2D eigenvalue weighted by Gasteiger charge is 2.14. The van der Waals surface area contributed by atoms with Gasteiger partial charge in [0.25, 0.3) is 5.39 Å². The second-order valence-electron chi connectivity index (χ2n) is 3.72. The van der Waals surface area contributed by atoms with Crippen molar-refractivity contribution in [2.24, 2.45) is 0 Å². The topological polar surface area (TPSA) is 73.5 Å². The van der Waals surface area contributed by atoms with Crippen LogP contribution < -0.4 is 10.2 Å². The van der Waals surface area contributed by atoms with Gasteiger partial charge in [0.1, 0.15) is 6.54 Å². The minimum Gasteiger partial charge on any atom is -0.491 e. The van der Waals surface area contributed by atoms with E-state index in [2.05, 4.69) is 17.0 Å². The number of rotatable bonds is 6. The summed E-state index contributed by atoms with van der Waals surface area (Å²) in [5.41, 5.74) is 0.499. The lowest BCUT2D eigenvalue weighted by atomic mass is 10.3. The number of hydrogen-bond donors (Lipinski definition) is 1. The minimum absolute atomic E-state index is 0.186. The van der Waals surface area contributed by atoms with E-state index in [-0.39, 0.29) is 11.2 Å². The summed E-state index contributed by atoms with van der Waals surface area (Å²) in [6.07, 6.45) is 3.46. The van der Waals surface area contributed by atoms with Crippen molar-refractivity contribution in [3.8, 4) is 5.75 Å². The Hall–Kier alpha value is -2.03. The molecule has 1 aromatic heterocycles. The average Bonchev–Trinajstić information content (AvgIpc) is 2.34. The number of pyridine rings is 1. The number of ether oxygens (including phenoxy) is 1. The molecule has 17 heavy (non-hydrogen) atoms. The molecule has 0 saturated carbocycles. The predicted molar refractivity (Wildman–Crippen MR) is 64.0 cm³/mol. The van der Waals surface area contributed by atoms with E-state index < -0.39 is 0 Å². The summed E-state index contributed by atoms with van der Waals surface area (Å²) in [7, 11) is 1.45. The summed E-state index contributed by atoms with van der Waals surface area (Å²) < 4.78 is 4.87. The Balaban J connectivity index is 2.71. The standard InChI is InChI=1S/C11H16N4O2/c1-3-4-5-15(14-12)8-9-6-10(16)11(17-2)7-13-9/h6-7H,3-5,8H2,1-2H3/p+1. The Morgan fingerprint density at radius 3 is 2.88 bits per heavy atom. The zero-order chi connectivity index (χ0) is 12.7. The van der Waals surface area contributed by atoms with Gasteiger partial charge in [-0.15, -0.1) is 0 Å². The maximum Gasteiger partial charge on any atom is 0.305 e. The molecule has 6 nitrogen and oxygen atoms in total. The number of nitrogens with zero attached hydrogens (tertiary/aromatic N) is 3. The van der Waals surface area contributed by atoms with Gasteiger partial charge in [-0.3, -0.25) is 4.79 Å². The van der Waals surface area contributed by atoms with Crippen molar-refractivity contribution in [3.63, 3.8) is 0 Å². The molecular weight excluding hydrogens is 220 g/mol. The maximum atomic E-state index is 11.5. The fourth-order valence-corrected chi connectivity index (χ4v) is 1.44. The summed E-state index contributed by atoms with van der Waals surface area (Å²) in [4.78, 5) is 14.4. The molecule has 0 aromatic carbocycles. The van der Waals surface area contributed by atoms with E-state index in [1.165, 1.54) is 24.4 Å². The van der Waals surface area contributed by atoms with Crippen molar-refractivity contribution in [3.05, 3.63) is 33.3 Å². The normalized spacial score (nSPS) is 9.71. The zero-order valence-electron chi connectivity index (χ0n) is 10.1. The number of aromatic nitrogens is 1. The monoisotopic (exact) mass is 237 g/mol. The fraction of sp³-hybridized carbons (Fsp3) is 0.545. The number of aromatic amines is 1. The van der Waals surface area contributed by atoms with E-state index in [1.54, 1.807) is 0 Å². The van der Waals surface area contributed by atoms with Crippen LogP contribution in [-0.2, 0) is 6.54 Å². The molecule has 0 unspecified atom stereocenters. The Morgan fingerprint density at radius 1 is 1.59 bits per heavy atom. The lowest BCUT2D eigenvalue weighted by molar-refractivity contribution is 0.342. The fourth-order valence-electron chi connectivity index (χ4n) is 1.44. The van der Waals surface area contributed by atoms with Crippen LogP contribution in [-0.4, -0.2) is 23.6 Å². The molecule has 0 bridgehead atoms. The number of diazo groups is 1. The van der Waals surface area contributed by atoms with Gasteiger partial charge < -0.3 is 9.72 Å². The second kappa shape index (κ2) is 6.53. The first-order valence-electron chi connectivity index (χ1n) is 5.56. The van der Waals surface area contributed by atoms with Gasteiger partial charge in [0.05, 0.1) is 13.7 Å². The smallest absolute Gasteiger partial charge is 0.305 e. The highest BCUT2D eigenvalue weighted by Crippen LogP contribution is 2.05. The molecule has 0 spiro atoms. The molecule has 92 valence electrons. The molecule has 1 rings (SSSR count). The van der Waals surface area contributed by atoms with Crippen molar-refractivity contribution in [2.75, 3.05) is 13.7 Å².